The second-order valence-electron chi connectivity index (χ2n) is 10.2. The summed E-state index contributed by atoms with van der Waals surface area (Å²) in [6.45, 7) is 7.79. The molecule has 8 nitrogen and oxygen atoms in total. The minimum absolute atomic E-state index is 0.0722. The number of aliphatic hydroxyl groups is 1. The molecule has 1 unspecified atom stereocenters. The van der Waals surface area contributed by atoms with E-state index in [9.17, 15) is 14.7 Å². The third kappa shape index (κ3) is 5.54. The summed E-state index contributed by atoms with van der Waals surface area (Å²) < 4.78 is 7.72. The first-order valence-electron chi connectivity index (χ1n) is 12.8. The highest BCUT2D eigenvalue weighted by Crippen LogP contribution is 2.40. The molecule has 1 aromatic carbocycles. The highest BCUT2D eigenvalue weighted by Gasteiger charge is 2.46. The highest BCUT2D eigenvalue weighted by atomic mass is 16.5. The number of carbonyl (C=O) groups is 2. The van der Waals surface area contributed by atoms with Gasteiger partial charge in [0, 0.05) is 12.7 Å². The Labute approximate surface area is 218 Å². The topological polar surface area (TPSA) is 87.4 Å². The van der Waals surface area contributed by atoms with Gasteiger partial charge in [-0.15, -0.1) is 0 Å². The van der Waals surface area contributed by atoms with Crippen molar-refractivity contribution in [3.05, 3.63) is 71.2 Å². The molecule has 2 aromatic heterocycles. The number of rotatable bonds is 10. The van der Waals surface area contributed by atoms with E-state index in [1.54, 1.807) is 22.4 Å². The van der Waals surface area contributed by atoms with Crippen molar-refractivity contribution in [1.29, 1.82) is 0 Å². The number of aliphatic hydroxyl groups excluding tert-OH is 1. The van der Waals surface area contributed by atoms with E-state index in [-0.39, 0.29) is 11.3 Å². The summed E-state index contributed by atoms with van der Waals surface area (Å²) in [6.07, 6.45) is 3.40. The maximum absolute atomic E-state index is 13.4. The molecule has 1 fully saturated rings. The predicted molar refractivity (Wildman–Crippen MR) is 144 cm³/mol. The molecule has 8 heteroatoms. The number of nitrogens with zero attached hydrogens (tertiary/aromatic N) is 4. The maximum Gasteiger partial charge on any atom is 0.295 e. The third-order valence-corrected chi connectivity index (χ3v) is 6.61. The number of Topliss-reactive ketones (excluding diaryl/α,β-unsaturated/α-hetero) is 1. The Bertz CT molecular complexity index is 1320. The van der Waals surface area contributed by atoms with Crippen LogP contribution in [0.2, 0.25) is 0 Å². The quantitative estimate of drug-likeness (QED) is 0.250. The lowest BCUT2D eigenvalue weighted by molar-refractivity contribution is -0.139. The highest BCUT2D eigenvalue weighted by molar-refractivity contribution is 6.46. The second kappa shape index (κ2) is 11.2. The number of carbonyl (C=O) groups excluding carboxylic acids is 2. The lowest BCUT2D eigenvalue weighted by atomic mass is 9.96. The molecular weight excluding hydrogens is 468 g/mol. The fourth-order valence-corrected chi connectivity index (χ4v) is 4.73. The van der Waals surface area contributed by atoms with Crippen LogP contribution in [-0.2, 0) is 9.59 Å². The second-order valence-corrected chi connectivity index (χ2v) is 10.2. The van der Waals surface area contributed by atoms with Crippen molar-refractivity contribution >= 4 is 23.1 Å². The molecule has 196 valence electrons. The minimum Gasteiger partial charge on any atom is -0.505 e. The molecule has 4 rings (SSSR count). The average Bonchev–Trinajstić information content (AvgIpc) is 3.31. The van der Waals surface area contributed by atoms with Gasteiger partial charge in [-0.3, -0.25) is 14.0 Å². The molecule has 1 aliphatic rings. The van der Waals surface area contributed by atoms with Crippen LogP contribution in [0.15, 0.2) is 54.2 Å². The fraction of sp³-hybridized carbons (Fsp3) is 0.414. The van der Waals surface area contributed by atoms with Crippen molar-refractivity contribution in [2.75, 3.05) is 33.8 Å². The lowest BCUT2D eigenvalue weighted by Gasteiger charge is -2.26. The number of likely N-dealkylation sites (tertiary alicyclic amines) is 1. The number of pyridine rings is 1. The average molecular weight is 505 g/mol. The van der Waals surface area contributed by atoms with Gasteiger partial charge in [0.25, 0.3) is 11.7 Å². The first kappa shape index (κ1) is 26.4. The molecule has 1 atom stereocenters. The third-order valence-electron chi connectivity index (χ3n) is 6.61. The molecule has 0 spiro atoms. The van der Waals surface area contributed by atoms with E-state index in [4.69, 9.17) is 4.74 Å². The fourth-order valence-electron chi connectivity index (χ4n) is 4.73. The van der Waals surface area contributed by atoms with E-state index in [0.29, 0.717) is 48.3 Å². The van der Waals surface area contributed by atoms with Crippen LogP contribution in [0.4, 0.5) is 0 Å². The molecule has 1 saturated heterocycles. The zero-order valence-electron chi connectivity index (χ0n) is 22.3. The monoisotopic (exact) mass is 504 g/mol. The van der Waals surface area contributed by atoms with E-state index >= 15 is 0 Å². The van der Waals surface area contributed by atoms with Gasteiger partial charge in [-0.25, -0.2) is 4.98 Å². The van der Waals surface area contributed by atoms with Crippen molar-refractivity contribution < 1.29 is 19.4 Å². The number of aryl methyl sites for hydroxylation is 1. The molecule has 1 aliphatic heterocycles. The zero-order valence-corrected chi connectivity index (χ0v) is 22.3. The Morgan fingerprint density at radius 1 is 1.16 bits per heavy atom. The van der Waals surface area contributed by atoms with Gasteiger partial charge < -0.3 is 19.6 Å². The molecule has 0 bridgehead atoms. The number of aromatic nitrogens is 2. The Hall–Kier alpha value is -3.65. The van der Waals surface area contributed by atoms with Crippen LogP contribution in [0.5, 0.6) is 5.75 Å². The molecule has 3 heterocycles. The van der Waals surface area contributed by atoms with Crippen LogP contribution in [0.25, 0.3) is 11.4 Å². The maximum atomic E-state index is 13.4. The van der Waals surface area contributed by atoms with Gasteiger partial charge in [-0.1, -0.05) is 32.0 Å². The Morgan fingerprint density at radius 3 is 2.68 bits per heavy atom. The van der Waals surface area contributed by atoms with Crippen molar-refractivity contribution in [2.24, 2.45) is 5.92 Å². The Balaban J connectivity index is 1.81. The number of imidazole rings is 1. The van der Waals surface area contributed by atoms with E-state index in [2.05, 4.69) is 18.8 Å². The molecule has 0 aliphatic carbocycles. The number of benzene rings is 1. The molecule has 1 amide bonds. The smallest absolute Gasteiger partial charge is 0.295 e. The van der Waals surface area contributed by atoms with Gasteiger partial charge in [0.1, 0.15) is 17.1 Å². The number of ketones is 1. The van der Waals surface area contributed by atoms with E-state index in [1.807, 2.05) is 61.5 Å². The lowest BCUT2D eigenvalue weighted by Crippen LogP contribution is -2.32. The standard InChI is InChI=1S/C29H36N4O4/c1-19(2)13-17-37-22-11-8-10-21(18-22)26-24(28(35)29(36)33(26)16-9-14-31(4)5)27(34)25-20(3)30-23-12-6-7-15-32(23)25/h6-8,10-12,15,18-19,26,34H,9,13-14,16-17H2,1-5H3/b27-24+. The summed E-state index contributed by atoms with van der Waals surface area (Å²) in [5.41, 5.74) is 2.43. The summed E-state index contributed by atoms with van der Waals surface area (Å²) in [5, 5.41) is 11.6. The minimum atomic E-state index is -0.732. The first-order valence-corrected chi connectivity index (χ1v) is 12.8. The van der Waals surface area contributed by atoms with Gasteiger partial charge in [0.2, 0.25) is 0 Å². The van der Waals surface area contributed by atoms with Crippen LogP contribution < -0.4 is 4.74 Å². The summed E-state index contributed by atoms with van der Waals surface area (Å²) in [7, 11) is 3.94. The normalized spacial score (nSPS) is 17.5. The molecule has 1 N–H and O–H groups in total. The zero-order chi connectivity index (χ0) is 26.7. The van der Waals surface area contributed by atoms with Crippen LogP contribution in [0.1, 0.15) is 49.7 Å². The number of hydrogen-bond acceptors (Lipinski definition) is 6. The largest absolute Gasteiger partial charge is 0.505 e. The molecule has 3 aromatic rings. The predicted octanol–water partition coefficient (Wildman–Crippen LogP) is 4.44. The van der Waals surface area contributed by atoms with Crippen molar-refractivity contribution in [3.63, 3.8) is 0 Å². The van der Waals surface area contributed by atoms with Gasteiger partial charge in [-0.2, -0.15) is 0 Å². The van der Waals surface area contributed by atoms with E-state index in [1.165, 1.54) is 0 Å². The molecule has 0 radical (unpaired) electrons. The van der Waals surface area contributed by atoms with Crippen molar-refractivity contribution in [2.45, 2.75) is 39.7 Å². The number of hydrogen-bond donors (Lipinski definition) is 1. The van der Waals surface area contributed by atoms with Crippen LogP contribution >= 0.6 is 0 Å². The SMILES string of the molecule is Cc1nc2ccccn2c1/C(O)=C1\C(=O)C(=O)N(CCCN(C)C)C1c1cccc(OCCC(C)C)c1. The van der Waals surface area contributed by atoms with Crippen molar-refractivity contribution in [3.8, 4) is 5.75 Å². The van der Waals surface area contributed by atoms with Gasteiger partial charge in [0.15, 0.2) is 5.76 Å². The van der Waals surface area contributed by atoms with Crippen LogP contribution in [-0.4, -0.2) is 69.8 Å². The molecular formula is C29H36N4O4. The number of ether oxygens (including phenoxy) is 1. The summed E-state index contributed by atoms with van der Waals surface area (Å²) in [4.78, 5) is 34.9. The number of fused-ring (bicyclic) bond motifs is 1. The Kier molecular flexibility index (Phi) is 7.97. The van der Waals surface area contributed by atoms with E-state index < -0.39 is 17.7 Å². The molecule has 0 saturated carbocycles. The van der Waals surface area contributed by atoms with Crippen molar-refractivity contribution in [1.82, 2.24) is 19.2 Å². The van der Waals surface area contributed by atoms with Gasteiger partial charge in [0.05, 0.1) is 23.9 Å². The summed E-state index contributed by atoms with van der Waals surface area (Å²) >= 11 is 0. The summed E-state index contributed by atoms with van der Waals surface area (Å²) in [6, 6.07) is 12.3. The van der Waals surface area contributed by atoms with Crippen LogP contribution in [0.3, 0.4) is 0 Å². The molecule has 37 heavy (non-hydrogen) atoms. The Morgan fingerprint density at radius 2 is 1.95 bits per heavy atom. The summed E-state index contributed by atoms with van der Waals surface area (Å²) in [5.74, 6) is -0.337. The van der Waals surface area contributed by atoms with Gasteiger partial charge in [-0.05, 0) is 76.2 Å². The van der Waals surface area contributed by atoms with Crippen LogP contribution in [0, 0.1) is 12.8 Å². The van der Waals surface area contributed by atoms with Gasteiger partial charge >= 0.3 is 0 Å². The number of amides is 1. The first-order chi connectivity index (χ1) is 17.7. The van der Waals surface area contributed by atoms with E-state index in [0.717, 1.165) is 18.5 Å².